The fourth-order valence-electron chi connectivity index (χ4n) is 2.80. The summed E-state index contributed by atoms with van der Waals surface area (Å²) in [5, 5.41) is 3.08. The van der Waals surface area contributed by atoms with Crippen LogP contribution in [0, 0.1) is 0 Å². The number of hydrogen-bond donors (Lipinski definition) is 1. The van der Waals surface area contributed by atoms with E-state index in [0.29, 0.717) is 24.5 Å². The molecular weight excluding hydrogens is 240 g/mol. The van der Waals surface area contributed by atoms with Crippen molar-refractivity contribution >= 4 is 18.3 Å². The molecule has 2 aliphatic rings. The molecule has 2 atom stereocenters. The number of carbonyl (C=O) groups excluding carboxylic acids is 1. The molecule has 0 aromatic carbocycles. The van der Waals surface area contributed by atoms with E-state index in [4.69, 9.17) is 4.74 Å². The number of morpholine rings is 1. The largest absolute Gasteiger partial charge is 0.374 e. The van der Waals surface area contributed by atoms with Gasteiger partial charge in [0.25, 0.3) is 0 Å². The van der Waals surface area contributed by atoms with Gasteiger partial charge < -0.3 is 15.0 Å². The first kappa shape index (κ1) is 14.7. The van der Waals surface area contributed by atoms with Crippen LogP contribution in [-0.2, 0) is 9.53 Å². The van der Waals surface area contributed by atoms with Crippen molar-refractivity contribution < 1.29 is 9.53 Å². The summed E-state index contributed by atoms with van der Waals surface area (Å²) in [5.41, 5.74) is 0. The van der Waals surface area contributed by atoms with E-state index in [1.807, 2.05) is 7.05 Å². The Morgan fingerprint density at radius 3 is 3.06 bits per heavy atom. The van der Waals surface area contributed by atoms with E-state index >= 15 is 0 Å². The normalized spacial score (nSPS) is 27.5. The highest BCUT2D eigenvalue weighted by atomic mass is 35.5. The summed E-state index contributed by atoms with van der Waals surface area (Å²) in [6, 6.07) is 0.371. The van der Waals surface area contributed by atoms with E-state index in [1.54, 1.807) is 0 Å². The van der Waals surface area contributed by atoms with E-state index in [0.717, 1.165) is 39.0 Å². The van der Waals surface area contributed by atoms with Gasteiger partial charge in [0.15, 0.2) is 0 Å². The van der Waals surface area contributed by atoms with E-state index in [-0.39, 0.29) is 12.4 Å². The maximum absolute atomic E-state index is 12.1. The molecule has 5 heteroatoms. The molecule has 17 heavy (non-hydrogen) atoms. The van der Waals surface area contributed by atoms with Crippen molar-refractivity contribution in [1.82, 2.24) is 10.2 Å². The molecule has 1 aliphatic carbocycles. The van der Waals surface area contributed by atoms with E-state index in [9.17, 15) is 4.79 Å². The molecule has 1 N–H and O–H groups in total. The van der Waals surface area contributed by atoms with E-state index in [1.165, 1.54) is 6.42 Å². The predicted molar refractivity (Wildman–Crippen MR) is 69.5 cm³/mol. The molecule has 1 amide bonds. The Morgan fingerprint density at radius 1 is 1.47 bits per heavy atom. The molecule has 2 rings (SSSR count). The Labute approximate surface area is 109 Å². The predicted octanol–water partition coefficient (Wildman–Crippen LogP) is 1.19. The topological polar surface area (TPSA) is 41.6 Å². The summed E-state index contributed by atoms with van der Waals surface area (Å²) in [4.78, 5) is 14.1. The third-order valence-corrected chi connectivity index (χ3v) is 3.62. The average molecular weight is 263 g/mol. The minimum absolute atomic E-state index is 0. The van der Waals surface area contributed by atoms with Crippen LogP contribution >= 0.6 is 12.4 Å². The molecule has 0 radical (unpaired) electrons. The number of nitrogens with one attached hydrogen (secondary N) is 1. The minimum Gasteiger partial charge on any atom is -0.374 e. The van der Waals surface area contributed by atoms with Crippen LogP contribution in [0.1, 0.15) is 32.1 Å². The Morgan fingerprint density at radius 2 is 2.29 bits per heavy atom. The Hall–Kier alpha value is -0.320. The summed E-state index contributed by atoms with van der Waals surface area (Å²) in [6.45, 7) is 2.43. The van der Waals surface area contributed by atoms with Crippen LogP contribution in [0.3, 0.4) is 0 Å². The summed E-state index contributed by atoms with van der Waals surface area (Å²) >= 11 is 0. The molecule has 1 heterocycles. The molecule has 1 saturated heterocycles. The Kier molecular flexibility index (Phi) is 6.23. The highest BCUT2D eigenvalue weighted by Crippen LogP contribution is 2.30. The van der Waals surface area contributed by atoms with Crippen LogP contribution in [0.25, 0.3) is 0 Å². The van der Waals surface area contributed by atoms with Gasteiger partial charge in [-0.15, -0.1) is 12.4 Å². The van der Waals surface area contributed by atoms with Crippen molar-refractivity contribution in [2.24, 2.45) is 0 Å². The lowest BCUT2D eigenvalue weighted by atomic mass is 10.1. The van der Waals surface area contributed by atoms with Crippen LogP contribution in [0.4, 0.5) is 0 Å². The molecule has 0 bridgehead atoms. The van der Waals surface area contributed by atoms with Gasteiger partial charge in [-0.3, -0.25) is 4.79 Å². The third-order valence-electron chi connectivity index (χ3n) is 3.62. The summed E-state index contributed by atoms with van der Waals surface area (Å²) in [5.74, 6) is 0.315. The van der Waals surface area contributed by atoms with Gasteiger partial charge in [0.05, 0.1) is 18.8 Å². The van der Waals surface area contributed by atoms with Crippen molar-refractivity contribution in [3.05, 3.63) is 0 Å². The maximum Gasteiger partial charge on any atom is 0.223 e. The second-order valence-corrected chi connectivity index (χ2v) is 4.70. The highest BCUT2D eigenvalue weighted by Gasteiger charge is 2.37. The van der Waals surface area contributed by atoms with Gasteiger partial charge in [-0.05, 0) is 39.3 Å². The smallest absolute Gasteiger partial charge is 0.223 e. The molecule has 2 unspecified atom stereocenters. The van der Waals surface area contributed by atoms with Gasteiger partial charge in [-0.25, -0.2) is 0 Å². The molecule has 0 aromatic rings. The standard InChI is InChI=1S/C12H22N2O2.ClH/c1-13-7-3-6-12(15)14-8-9-16-11-5-2-4-10(11)14;/h10-11,13H,2-9H2,1H3;1H. The first-order valence-electron chi connectivity index (χ1n) is 6.38. The fraction of sp³-hybridized carbons (Fsp3) is 0.917. The van der Waals surface area contributed by atoms with Crippen molar-refractivity contribution in [3.8, 4) is 0 Å². The fourth-order valence-corrected chi connectivity index (χ4v) is 2.80. The lowest BCUT2D eigenvalue weighted by Crippen LogP contribution is -2.51. The van der Waals surface area contributed by atoms with Crippen LogP contribution in [0.5, 0.6) is 0 Å². The zero-order valence-electron chi connectivity index (χ0n) is 10.5. The molecule has 1 aliphatic heterocycles. The van der Waals surface area contributed by atoms with Crippen LogP contribution in [-0.4, -0.2) is 49.7 Å². The van der Waals surface area contributed by atoms with Crippen LogP contribution in [0.2, 0.25) is 0 Å². The molecule has 0 aromatic heterocycles. The van der Waals surface area contributed by atoms with Gasteiger partial charge in [0.1, 0.15) is 0 Å². The monoisotopic (exact) mass is 262 g/mol. The van der Waals surface area contributed by atoms with Gasteiger partial charge in [0.2, 0.25) is 5.91 Å². The molecule has 2 fully saturated rings. The SMILES string of the molecule is CNCCCC(=O)N1CCOC2CCCC21.Cl. The maximum atomic E-state index is 12.1. The first-order chi connectivity index (χ1) is 7.83. The third kappa shape index (κ3) is 3.57. The quantitative estimate of drug-likeness (QED) is 0.774. The van der Waals surface area contributed by atoms with Crippen molar-refractivity contribution in [2.75, 3.05) is 26.7 Å². The number of rotatable bonds is 4. The second-order valence-electron chi connectivity index (χ2n) is 4.70. The average Bonchev–Trinajstić information content (AvgIpc) is 2.76. The highest BCUT2D eigenvalue weighted by molar-refractivity contribution is 5.85. The summed E-state index contributed by atoms with van der Waals surface area (Å²) in [7, 11) is 1.92. The van der Waals surface area contributed by atoms with E-state index in [2.05, 4.69) is 10.2 Å². The molecule has 4 nitrogen and oxygen atoms in total. The number of fused-ring (bicyclic) bond motifs is 1. The number of nitrogens with zero attached hydrogens (tertiary/aromatic N) is 1. The zero-order valence-corrected chi connectivity index (χ0v) is 11.3. The number of amides is 1. The molecule has 1 saturated carbocycles. The van der Waals surface area contributed by atoms with E-state index < -0.39 is 0 Å². The summed E-state index contributed by atoms with van der Waals surface area (Å²) < 4.78 is 5.70. The lowest BCUT2D eigenvalue weighted by molar-refractivity contribution is -0.144. The number of carbonyl (C=O) groups is 1. The summed E-state index contributed by atoms with van der Waals surface area (Å²) in [6.07, 6.45) is 5.39. The lowest BCUT2D eigenvalue weighted by Gasteiger charge is -2.37. The van der Waals surface area contributed by atoms with Gasteiger partial charge in [0, 0.05) is 13.0 Å². The molecular formula is C12H23ClN2O2. The first-order valence-corrected chi connectivity index (χ1v) is 6.38. The van der Waals surface area contributed by atoms with Crippen molar-refractivity contribution in [3.63, 3.8) is 0 Å². The minimum atomic E-state index is 0. The van der Waals surface area contributed by atoms with Crippen molar-refractivity contribution in [1.29, 1.82) is 0 Å². The Bertz CT molecular complexity index is 251. The van der Waals surface area contributed by atoms with Gasteiger partial charge in [-0.2, -0.15) is 0 Å². The Balaban J connectivity index is 0.00000144. The van der Waals surface area contributed by atoms with Gasteiger partial charge >= 0.3 is 0 Å². The second kappa shape index (κ2) is 7.19. The number of halogens is 1. The number of hydrogen-bond acceptors (Lipinski definition) is 3. The van der Waals surface area contributed by atoms with Crippen LogP contribution in [0.15, 0.2) is 0 Å². The van der Waals surface area contributed by atoms with Crippen LogP contribution < -0.4 is 5.32 Å². The molecule has 100 valence electrons. The number of ether oxygens (including phenoxy) is 1. The molecule has 0 spiro atoms. The zero-order chi connectivity index (χ0) is 11.4. The van der Waals surface area contributed by atoms with Gasteiger partial charge in [-0.1, -0.05) is 0 Å². The van der Waals surface area contributed by atoms with Crippen molar-refractivity contribution in [2.45, 2.75) is 44.2 Å².